The van der Waals surface area contributed by atoms with Crippen LogP contribution in [0.3, 0.4) is 0 Å². The van der Waals surface area contributed by atoms with Gasteiger partial charge in [-0.1, -0.05) is 38.5 Å². The molecule has 0 unspecified atom stereocenters. The second-order valence-electron chi connectivity index (χ2n) is 6.52. The zero-order chi connectivity index (χ0) is 15.3. The number of hydrogen-bond donors (Lipinski definition) is 2. The highest BCUT2D eigenvalue weighted by Gasteiger charge is 2.22. The summed E-state index contributed by atoms with van der Waals surface area (Å²) in [5, 5.41) is 18.4. The van der Waals surface area contributed by atoms with Crippen molar-refractivity contribution in [2.45, 2.75) is 46.0 Å². The molecule has 0 aromatic heterocycles. The molecule has 0 spiro atoms. The molecule has 0 radical (unpaired) electrons. The van der Waals surface area contributed by atoms with Gasteiger partial charge in [-0.2, -0.15) is 0 Å². The average molecular weight is 280 g/mol. The molecule has 3 heteroatoms. The first-order chi connectivity index (χ1) is 9.33. The summed E-state index contributed by atoms with van der Waals surface area (Å²) in [6.07, 6.45) is 1.57. The van der Waals surface area contributed by atoms with Gasteiger partial charge in [0.25, 0.3) is 0 Å². The molecule has 1 aromatic carbocycles. The van der Waals surface area contributed by atoms with E-state index >= 15 is 0 Å². The van der Waals surface area contributed by atoms with E-state index in [1.165, 1.54) is 11.1 Å². The van der Waals surface area contributed by atoms with Gasteiger partial charge in [-0.05, 0) is 30.7 Å². The molecule has 2 N–H and O–H groups in total. The highest BCUT2D eigenvalue weighted by molar-refractivity contribution is 5.47. The third-order valence-corrected chi connectivity index (χ3v) is 3.66. The molecule has 0 aliphatic carbocycles. The summed E-state index contributed by atoms with van der Waals surface area (Å²) >= 11 is 0. The predicted molar refractivity (Wildman–Crippen MR) is 82.4 cm³/mol. The fraction of sp³-hybridized carbons (Fsp3) is 0.647. The molecule has 3 nitrogen and oxygen atoms in total. The van der Waals surface area contributed by atoms with Crippen molar-refractivity contribution in [1.29, 1.82) is 0 Å². The molecular weight excluding hydrogens is 252 g/mol. The van der Waals surface area contributed by atoms with Crippen LogP contribution in [0.2, 0.25) is 0 Å². The fourth-order valence-electron chi connectivity index (χ4n) is 2.43. The Hall–Kier alpha value is -1.06. The summed E-state index contributed by atoms with van der Waals surface area (Å²) in [6.45, 7) is 8.68. The fourth-order valence-corrected chi connectivity index (χ4v) is 2.43. The van der Waals surface area contributed by atoms with E-state index in [0.717, 1.165) is 24.2 Å². The molecule has 0 aliphatic heterocycles. The van der Waals surface area contributed by atoms with Crippen LogP contribution in [0.5, 0.6) is 5.75 Å². The van der Waals surface area contributed by atoms with E-state index in [9.17, 15) is 10.2 Å². The molecule has 0 amide bonds. The van der Waals surface area contributed by atoms with Gasteiger partial charge >= 0.3 is 0 Å². The summed E-state index contributed by atoms with van der Waals surface area (Å²) in [7, 11) is 1.71. The van der Waals surface area contributed by atoms with Crippen LogP contribution in [-0.4, -0.2) is 30.5 Å². The van der Waals surface area contributed by atoms with Crippen molar-refractivity contribution in [3.05, 3.63) is 28.8 Å². The van der Waals surface area contributed by atoms with Gasteiger partial charge in [0.15, 0.2) is 0 Å². The van der Waals surface area contributed by atoms with Crippen LogP contribution in [0.1, 0.15) is 43.9 Å². The molecule has 0 heterocycles. The number of ether oxygens (including phenoxy) is 1. The standard InChI is InChI=1S/C17H28O3/c1-12-8-14(7-6-13(10-18)11-19)16(20-5)15(9-12)17(2,3)4/h8-9,13,18-19H,6-7,10-11H2,1-5H3. The second kappa shape index (κ2) is 7.09. The second-order valence-corrected chi connectivity index (χ2v) is 6.52. The molecule has 0 fully saturated rings. The molecule has 0 saturated heterocycles. The minimum atomic E-state index is -0.0571. The predicted octanol–water partition coefficient (Wildman–Crippen LogP) is 2.83. The lowest BCUT2D eigenvalue weighted by Gasteiger charge is -2.25. The molecule has 0 atom stereocenters. The Morgan fingerprint density at radius 2 is 1.75 bits per heavy atom. The van der Waals surface area contributed by atoms with Crippen LogP contribution in [0, 0.1) is 12.8 Å². The minimum absolute atomic E-state index is 0.0246. The first kappa shape index (κ1) is 17.0. The van der Waals surface area contributed by atoms with Gasteiger partial charge in [-0.15, -0.1) is 0 Å². The van der Waals surface area contributed by atoms with Gasteiger partial charge in [0.1, 0.15) is 5.75 Å². The van der Waals surface area contributed by atoms with Crippen molar-refractivity contribution < 1.29 is 14.9 Å². The van der Waals surface area contributed by atoms with Crippen LogP contribution in [-0.2, 0) is 11.8 Å². The Kier molecular flexibility index (Phi) is 6.03. The zero-order valence-electron chi connectivity index (χ0n) is 13.4. The monoisotopic (exact) mass is 280 g/mol. The number of aliphatic hydroxyl groups excluding tert-OH is 2. The number of hydrogen-bond acceptors (Lipinski definition) is 3. The van der Waals surface area contributed by atoms with Gasteiger partial charge in [-0.25, -0.2) is 0 Å². The normalized spacial score (nSPS) is 12.0. The number of aryl methyl sites for hydroxylation is 2. The minimum Gasteiger partial charge on any atom is -0.496 e. The first-order valence-electron chi connectivity index (χ1n) is 7.23. The lowest BCUT2D eigenvalue weighted by Crippen LogP contribution is -2.16. The topological polar surface area (TPSA) is 49.7 Å². The van der Waals surface area contributed by atoms with Crippen LogP contribution in [0.15, 0.2) is 12.1 Å². The largest absolute Gasteiger partial charge is 0.496 e. The van der Waals surface area contributed by atoms with Crippen LogP contribution in [0.25, 0.3) is 0 Å². The van der Waals surface area contributed by atoms with Crippen molar-refractivity contribution in [1.82, 2.24) is 0 Å². The smallest absolute Gasteiger partial charge is 0.125 e. The van der Waals surface area contributed by atoms with Crippen molar-refractivity contribution in [2.75, 3.05) is 20.3 Å². The van der Waals surface area contributed by atoms with Crippen molar-refractivity contribution in [3.63, 3.8) is 0 Å². The maximum Gasteiger partial charge on any atom is 0.125 e. The van der Waals surface area contributed by atoms with E-state index in [0.29, 0.717) is 0 Å². The maximum absolute atomic E-state index is 9.18. The van der Waals surface area contributed by atoms with E-state index < -0.39 is 0 Å². The van der Waals surface area contributed by atoms with E-state index in [4.69, 9.17) is 4.74 Å². The molecular formula is C17H28O3. The molecule has 1 rings (SSSR count). The van der Waals surface area contributed by atoms with E-state index in [2.05, 4.69) is 39.8 Å². The third kappa shape index (κ3) is 4.22. The van der Waals surface area contributed by atoms with Crippen molar-refractivity contribution in [2.24, 2.45) is 5.92 Å². The summed E-state index contributed by atoms with van der Waals surface area (Å²) in [6, 6.07) is 4.32. The molecule has 0 bridgehead atoms. The number of rotatable bonds is 6. The van der Waals surface area contributed by atoms with E-state index in [1.807, 2.05) is 0 Å². The van der Waals surface area contributed by atoms with Crippen LogP contribution < -0.4 is 4.74 Å². The van der Waals surface area contributed by atoms with E-state index in [1.54, 1.807) is 7.11 Å². The summed E-state index contributed by atoms with van der Waals surface area (Å²) in [4.78, 5) is 0. The zero-order valence-corrected chi connectivity index (χ0v) is 13.4. The highest BCUT2D eigenvalue weighted by atomic mass is 16.5. The maximum atomic E-state index is 9.18. The summed E-state index contributed by atoms with van der Waals surface area (Å²) in [5.41, 5.74) is 3.61. The Morgan fingerprint density at radius 3 is 2.20 bits per heavy atom. The molecule has 1 aromatic rings. The third-order valence-electron chi connectivity index (χ3n) is 3.66. The number of aliphatic hydroxyl groups is 2. The summed E-state index contributed by atoms with van der Waals surface area (Å²) < 4.78 is 5.63. The molecule has 0 aliphatic rings. The van der Waals surface area contributed by atoms with Crippen molar-refractivity contribution in [3.8, 4) is 5.75 Å². The number of methoxy groups -OCH3 is 1. The van der Waals surface area contributed by atoms with Crippen LogP contribution in [0.4, 0.5) is 0 Å². The van der Waals surface area contributed by atoms with Crippen LogP contribution >= 0.6 is 0 Å². The SMILES string of the molecule is COc1c(CCC(CO)CO)cc(C)cc1C(C)(C)C. The van der Waals surface area contributed by atoms with Gasteiger partial charge in [-0.3, -0.25) is 0 Å². The van der Waals surface area contributed by atoms with Gasteiger partial charge in [0.2, 0.25) is 0 Å². The lowest BCUT2D eigenvalue weighted by molar-refractivity contribution is 0.144. The van der Waals surface area contributed by atoms with Crippen molar-refractivity contribution >= 4 is 0 Å². The average Bonchev–Trinajstić information content (AvgIpc) is 2.38. The Morgan fingerprint density at radius 1 is 1.15 bits per heavy atom. The van der Waals surface area contributed by atoms with Gasteiger partial charge < -0.3 is 14.9 Å². The number of benzene rings is 1. The molecule has 114 valence electrons. The molecule has 20 heavy (non-hydrogen) atoms. The quantitative estimate of drug-likeness (QED) is 0.842. The molecule has 0 saturated carbocycles. The Balaban J connectivity index is 3.09. The van der Waals surface area contributed by atoms with E-state index in [-0.39, 0.29) is 24.5 Å². The highest BCUT2D eigenvalue weighted by Crippen LogP contribution is 2.36. The lowest BCUT2D eigenvalue weighted by atomic mass is 9.83. The summed E-state index contributed by atoms with van der Waals surface area (Å²) in [5.74, 6) is 0.885. The Labute approximate surface area is 122 Å². The first-order valence-corrected chi connectivity index (χ1v) is 7.23. The van der Waals surface area contributed by atoms with Gasteiger partial charge in [0, 0.05) is 24.7 Å². The Bertz CT molecular complexity index is 429. The van der Waals surface area contributed by atoms with Gasteiger partial charge in [0.05, 0.1) is 7.11 Å².